The number of pyridine rings is 2. The second-order valence-electron chi connectivity index (χ2n) is 4.48. The number of aromatic nitrogens is 5. The summed E-state index contributed by atoms with van der Waals surface area (Å²) < 4.78 is 13.2. The van der Waals surface area contributed by atoms with Crippen LogP contribution in [0.3, 0.4) is 0 Å². The Morgan fingerprint density at radius 2 is 2.05 bits per heavy atom. The first-order valence-electron chi connectivity index (χ1n) is 6.43. The Labute approximate surface area is 125 Å². The van der Waals surface area contributed by atoms with Crippen molar-refractivity contribution in [3.8, 4) is 11.4 Å². The number of nitrogens with two attached hydrogens (primary N) is 1. The van der Waals surface area contributed by atoms with Gasteiger partial charge in [-0.1, -0.05) is 0 Å². The number of nitrogens with one attached hydrogen (secondary N) is 1. The first-order valence-corrected chi connectivity index (χ1v) is 6.43. The van der Waals surface area contributed by atoms with Crippen LogP contribution >= 0.6 is 0 Å². The van der Waals surface area contributed by atoms with Crippen LogP contribution in [0.4, 0.5) is 21.8 Å². The highest BCUT2D eigenvalue weighted by Gasteiger charge is 2.11. The van der Waals surface area contributed by atoms with Crippen LogP contribution in [-0.2, 0) is 0 Å². The van der Waals surface area contributed by atoms with E-state index in [1.165, 1.54) is 12.3 Å². The number of aryl methyl sites for hydroxylation is 1. The molecule has 0 aliphatic heterocycles. The number of nitrogens with zero attached hydrogens (tertiary/aromatic N) is 5. The number of anilines is 3. The highest BCUT2D eigenvalue weighted by Crippen LogP contribution is 2.26. The lowest BCUT2D eigenvalue weighted by molar-refractivity contribution is 0.622. The van der Waals surface area contributed by atoms with Crippen molar-refractivity contribution >= 4 is 17.5 Å². The SMILES string of the molecule is Cc1nc(N)nc(-c2cccnc2Nc2cncc(F)c2)n1. The van der Waals surface area contributed by atoms with Crippen molar-refractivity contribution in [3.63, 3.8) is 0 Å². The molecule has 0 fully saturated rings. The number of halogens is 1. The predicted octanol–water partition coefficient (Wildman–Crippen LogP) is 2.10. The van der Waals surface area contributed by atoms with E-state index in [4.69, 9.17) is 5.73 Å². The van der Waals surface area contributed by atoms with Gasteiger partial charge in [0.25, 0.3) is 0 Å². The van der Waals surface area contributed by atoms with Crippen molar-refractivity contribution in [3.05, 3.63) is 48.4 Å². The smallest absolute Gasteiger partial charge is 0.223 e. The number of hydrogen-bond acceptors (Lipinski definition) is 7. The van der Waals surface area contributed by atoms with Crippen LogP contribution in [-0.4, -0.2) is 24.9 Å². The number of nitrogen functional groups attached to an aromatic ring is 1. The minimum atomic E-state index is -0.442. The molecule has 0 saturated carbocycles. The molecule has 8 heteroatoms. The standard InChI is InChI=1S/C14H12FN7/c1-8-19-13(22-14(16)20-8)11-3-2-4-18-12(11)21-10-5-9(15)6-17-7-10/h2-7H,1H3,(H,18,21)(H2,16,19,20,22). The van der Waals surface area contributed by atoms with E-state index in [1.807, 2.05) is 0 Å². The molecule has 3 heterocycles. The van der Waals surface area contributed by atoms with E-state index in [-0.39, 0.29) is 5.95 Å². The molecule has 0 unspecified atom stereocenters. The zero-order chi connectivity index (χ0) is 15.5. The zero-order valence-electron chi connectivity index (χ0n) is 11.7. The van der Waals surface area contributed by atoms with Gasteiger partial charge in [0.2, 0.25) is 5.95 Å². The van der Waals surface area contributed by atoms with Gasteiger partial charge >= 0.3 is 0 Å². The lowest BCUT2D eigenvalue weighted by Gasteiger charge is -2.10. The summed E-state index contributed by atoms with van der Waals surface area (Å²) in [7, 11) is 0. The molecule has 3 aromatic rings. The highest BCUT2D eigenvalue weighted by molar-refractivity contribution is 5.74. The fourth-order valence-electron chi connectivity index (χ4n) is 1.93. The van der Waals surface area contributed by atoms with Gasteiger partial charge in [-0.15, -0.1) is 0 Å². The molecule has 0 spiro atoms. The molecule has 0 saturated heterocycles. The lowest BCUT2D eigenvalue weighted by Crippen LogP contribution is -2.04. The summed E-state index contributed by atoms with van der Waals surface area (Å²) in [6.45, 7) is 1.72. The normalized spacial score (nSPS) is 10.5. The monoisotopic (exact) mass is 297 g/mol. The van der Waals surface area contributed by atoms with Crippen LogP contribution in [0.1, 0.15) is 5.82 Å². The molecule has 0 aliphatic rings. The molecule has 0 amide bonds. The van der Waals surface area contributed by atoms with Gasteiger partial charge < -0.3 is 11.1 Å². The van der Waals surface area contributed by atoms with Crippen molar-refractivity contribution in [1.82, 2.24) is 24.9 Å². The van der Waals surface area contributed by atoms with Gasteiger partial charge in [0, 0.05) is 12.3 Å². The van der Waals surface area contributed by atoms with E-state index in [9.17, 15) is 4.39 Å². The Morgan fingerprint density at radius 3 is 2.82 bits per heavy atom. The quantitative estimate of drug-likeness (QED) is 0.763. The van der Waals surface area contributed by atoms with Crippen molar-refractivity contribution in [1.29, 1.82) is 0 Å². The first-order chi connectivity index (χ1) is 10.6. The summed E-state index contributed by atoms with van der Waals surface area (Å²) in [6, 6.07) is 4.86. The predicted molar refractivity (Wildman–Crippen MR) is 79.7 cm³/mol. The summed E-state index contributed by atoms with van der Waals surface area (Å²) in [5.74, 6) is 1.06. The molecular formula is C14H12FN7. The summed E-state index contributed by atoms with van der Waals surface area (Å²) >= 11 is 0. The molecule has 7 nitrogen and oxygen atoms in total. The van der Waals surface area contributed by atoms with Crippen molar-refractivity contribution in [2.24, 2.45) is 0 Å². The van der Waals surface area contributed by atoms with Gasteiger partial charge in [-0.2, -0.15) is 9.97 Å². The van der Waals surface area contributed by atoms with Gasteiger partial charge in [0.15, 0.2) is 5.82 Å². The van der Waals surface area contributed by atoms with Gasteiger partial charge in [-0.25, -0.2) is 14.4 Å². The molecule has 3 N–H and O–H groups in total. The van der Waals surface area contributed by atoms with Crippen LogP contribution in [0, 0.1) is 12.7 Å². The van der Waals surface area contributed by atoms with Gasteiger partial charge in [0.1, 0.15) is 17.5 Å². The molecule has 110 valence electrons. The minimum Gasteiger partial charge on any atom is -0.368 e. The Bertz CT molecular complexity index is 802. The Kier molecular flexibility index (Phi) is 3.57. The van der Waals surface area contributed by atoms with Gasteiger partial charge in [-0.05, 0) is 19.1 Å². The molecular weight excluding hydrogens is 285 g/mol. The number of hydrogen-bond donors (Lipinski definition) is 2. The topological polar surface area (TPSA) is 102 Å². The van der Waals surface area contributed by atoms with E-state index < -0.39 is 5.82 Å². The highest BCUT2D eigenvalue weighted by atomic mass is 19.1. The maximum atomic E-state index is 13.2. The van der Waals surface area contributed by atoms with Crippen LogP contribution in [0.2, 0.25) is 0 Å². The third-order valence-electron chi connectivity index (χ3n) is 2.78. The third-order valence-corrected chi connectivity index (χ3v) is 2.78. The minimum absolute atomic E-state index is 0.129. The lowest BCUT2D eigenvalue weighted by atomic mass is 10.2. The van der Waals surface area contributed by atoms with E-state index >= 15 is 0 Å². The molecule has 0 aromatic carbocycles. The largest absolute Gasteiger partial charge is 0.368 e. The van der Waals surface area contributed by atoms with Crippen molar-refractivity contribution in [2.75, 3.05) is 11.1 Å². The fourth-order valence-corrected chi connectivity index (χ4v) is 1.93. The Balaban J connectivity index is 2.03. The van der Waals surface area contributed by atoms with Gasteiger partial charge in [-0.3, -0.25) is 4.98 Å². The molecule has 0 aliphatic carbocycles. The maximum absolute atomic E-state index is 13.2. The average Bonchev–Trinajstić information content (AvgIpc) is 2.47. The second-order valence-corrected chi connectivity index (χ2v) is 4.48. The maximum Gasteiger partial charge on any atom is 0.223 e. The van der Waals surface area contributed by atoms with Crippen LogP contribution in [0.25, 0.3) is 11.4 Å². The van der Waals surface area contributed by atoms with Crippen LogP contribution in [0.5, 0.6) is 0 Å². The van der Waals surface area contributed by atoms with E-state index in [0.717, 1.165) is 6.20 Å². The Morgan fingerprint density at radius 1 is 1.18 bits per heavy atom. The first kappa shape index (κ1) is 13.8. The summed E-state index contributed by atoms with van der Waals surface area (Å²) in [5.41, 5.74) is 6.76. The van der Waals surface area contributed by atoms with Crippen molar-refractivity contribution in [2.45, 2.75) is 6.92 Å². The third kappa shape index (κ3) is 2.95. The molecule has 0 radical (unpaired) electrons. The fraction of sp³-hybridized carbons (Fsp3) is 0.0714. The van der Waals surface area contributed by atoms with Crippen LogP contribution in [0.15, 0.2) is 36.8 Å². The zero-order valence-corrected chi connectivity index (χ0v) is 11.7. The summed E-state index contributed by atoms with van der Waals surface area (Å²) in [6.07, 6.45) is 4.23. The Hall–Kier alpha value is -3.16. The molecule has 0 atom stereocenters. The van der Waals surface area contributed by atoms with E-state index in [1.54, 1.807) is 25.3 Å². The van der Waals surface area contributed by atoms with E-state index in [2.05, 4.69) is 30.2 Å². The van der Waals surface area contributed by atoms with Gasteiger partial charge in [0.05, 0.1) is 23.6 Å². The van der Waals surface area contributed by atoms with Crippen LogP contribution < -0.4 is 11.1 Å². The summed E-state index contributed by atoms with van der Waals surface area (Å²) in [5, 5.41) is 3.00. The molecule has 0 bridgehead atoms. The molecule has 3 aromatic heterocycles. The number of rotatable bonds is 3. The van der Waals surface area contributed by atoms with E-state index in [0.29, 0.717) is 28.7 Å². The van der Waals surface area contributed by atoms with Crippen molar-refractivity contribution < 1.29 is 4.39 Å². The molecule has 3 rings (SSSR count). The average molecular weight is 297 g/mol. The summed E-state index contributed by atoms with van der Waals surface area (Å²) in [4.78, 5) is 20.3. The molecule has 22 heavy (non-hydrogen) atoms. The second kappa shape index (κ2) is 5.68.